The Morgan fingerprint density at radius 1 is 1.03 bits per heavy atom. The highest BCUT2D eigenvalue weighted by molar-refractivity contribution is 6.04. The van der Waals surface area contributed by atoms with E-state index in [1.54, 1.807) is 41.5 Å². The molecule has 0 saturated carbocycles. The van der Waals surface area contributed by atoms with E-state index in [9.17, 15) is 4.79 Å². The van der Waals surface area contributed by atoms with E-state index in [0.29, 0.717) is 17.1 Å². The molecule has 7 heteroatoms. The zero-order valence-corrected chi connectivity index (χ0v) is 16.0. The number of hydrogen-bond donors (Lipinski definition) is 1. The maximum absolute atomic E-state index is 12.5. The topological polar surface area (TPSA) is 81.9 Å². The first-order valence-electron chi connectivity index (χ1n) is 9.07. The summed E-state index contributed by atoms with van der Waals surface area (Å²) in [5.74, 6) is 1.01. The second-order valence-electron chi connectivity index (χ2n) is 6.53. The van der Waals surface area contributed by atoms with Crippen LogP contribution in [0, 0.1) is 13.8 Å². The molecular weight excluding hydrogens is 366 g/mol. The fraction of sp³-hybridized carbons (Fsp3) is 0.0909. The summed E-state index contributed by atoms with van der Waals surface area (Å²) in [7, 11) is 0. The second-order valence-corrected chi connectivity index (χ2v) is 6.53. The number of carbonyl (C=O) groups excluding carboxylic acids is 1. The number of carbonyl (C=O) groups is 1. The summed E-state index contributed by atoms with van der Waals surface area (Å²) in [5, 5.41) is 6.89. The summed E-state index contributed by atoms with van der Waals surface area (Å²) in [5.41, 5.74) is 4.17. The Balaban J connectivity index is 1.42. The lowest BCUT2D eigenvalue weighted by Gasteiger charge is -2.10. The van der Waals surface area contributed by atoms with Gasteiger partial charge in [-0.3, -0.25) is 4.79 Å². The first-order chi connectivity index (χ1) is 14.1. The summed E-state index contributed by atoms with van der Waals surface area (Å²) in [6.45, 7) is 4.04. The molecule has 4 rings (SSSR count). The third kappa shape index (κ3) is 4.14. The van der Waals surface area contributed by atoms with Gasteiger partial charge < -0.3 is 10.1 Å². The van der Waals surface area contributed by atoms with Crippen molar-refractivity contribution in [3.8, 4) is 17.3 Å². The van der Waals surface area contributed by atoms with E-state index in [1.807, 2.05) is 44.2 Å². The molecule has 2 heterocycles. The number of anilines is 1. The minimum atomic E-state index is -0.222. The Hall–Kier alpha value is -4.00. The smallest absolute Gasteiger partial charge is 0.255 e. The SMILES string of the molecule is Cc1cccc(Oc2ccc(NC(=O)c3ccc(-n4cncn4)cc3)cn2)c1C. The van der Waals surface area contributed by atoms with Crippen LogP contribution in [0.5, 0.6) is 11.6 Å². The van der Waals surface area contributed by atoms with Crippen LogP contribution in [0.1, 0.15) is 21.5 Å². The van der Waals surface area contributed by atoms with Gasteiger partial charge in [-0.1, -0.05) is 12.1 Å². The number of aromatic nitrogens is 4. The van der Waals surface area contributed by atoms with Gasteiger partial charge in [-0.25, -0.2) is 14.6 Å². The molecule has 0 bridgehead atoms. The van der Waals surface area contributed by atoms with E-state index in [0.717, 1.165) is 22.6 Å². The van der Waals surface area contributed by atoms with Crippen molar-refractivity contribution in [3.05, 3.63) is 90.1 Å². The van der Waals surface area contributed by atoms with E-state index in [1.165, 1.54) is 6.33 Å². The van der Waals surface area contributed by atoms with Crippen LogP contribution in [-0.4, -0.2) is 25.7 Å². The van der Waals surface area contributed by atoms with Crippen molar-refractivity contribution in [1.82, 2.24) is 19.7 Å². The van der Waals surface area contributed by atoms with Crippen LogP contribution in [0.3, 0.4) is 0 Å². The lowest BCUT2D eigenvalue weighted by molar-refractivity contribution is 0.102. The van der Waals surface area contributed by atoms with Gasteiger partial charge in [-0.15, -0.1) is 0 Å². The van der Waals surface area contributed by atoms with Gasteiger partial charge in [0.05, 0.1) is 17.6 Å². The minimum absolute atomic E-state index is 0.222. The fourth-order valence-corrected chi connectivity index (χ4v) is 2.77. The average Bonchev–Trinajstić information content (AvgIpc) is 3.28. The van der Waals surface area contributed by atoms with Gasteiger partial charge in [0, 0.05) is 11.6 Å². The number of nitrogens with zero attached hydrogens (tertiary/aromatic N) is 4. The van der Waals surface area contributed by atoms with Crippen LogP contribution < -0.4 is 10.1 Å². The Morgan fingerprint density at radius 2 is 1.86 bits per heavy atom. The molecule has 0 fully saturated rings. The van der Waals surface area contributed by atoms with E-state index < -0.39 is 0 Å². The number of ether oxygens (including phenoxy) is 1. The van der Waals surface area contributed by atoms with Crippen molar-refractivity contribution in [1.29, 1.82) is 0 Å². The molecule has 7 nitrogen and oxygen atoms in total. The van der Waals surface area contributed by atoms with Gasteiger partial charge >= 0.3 is 0 Å². The van der Waals surface area contributed by atoms with Crippen LogP contribution in [0.4, 0.5) is 5.69 Å². The molecular formula is C22H19N5O2. The molecule has 2 aromatic heterocycles. The van der Waals surface area contributed by atoms with E-state index in [4.69, 9.17) is 4.74 Å². The molecule has 0 unspecified atom stereocenters. The predicted molar refractivity (Wildman–Crippen MR) is 110 cm³/mol. The van der Waals surface area contributed by atoms with Crippen molar-refractivity contribution in [3.63, 3.8) is 0 Å². The molecule has 0 radical (unpaired) electrons. The number of hydrogen-bond acceptors (Lipinski definition) is 5. The highest BCUT2D eigenvalue weighted by Gasteiger charge is 2.08. The molecule has 1 N–H and O–H groups in total. The van der Waals surface area contributed by atoms with E-state index in [2.05, 4.69) is 20.4 Å². The third-order valence-electron chi connectivity index (χ3n) is 4.58. The maximum Gasteiger partial charge on any atom is 0.255 e. The monoisotopic (exact) mass is 385 g/mol. The summed E-state index contributed by atoms with van der Waals surface area (Å²) in [4.78, 5) is 20.7. The highest BCUT2D eigenvalue weighted by Crippen LogP contribution is 2.26. The van der Waals surface area contributed by atoms with Crippen molar-refractivity contribution < 1.29 is 9.53 Å². The standard InChI is InChI=1S/C22H19N5O2/c1-15-4-3-5-20(16(15)2)29-21-11-8-18(12-24-21)26-22(28)17-6-9-19(10-7-17)27-14-23-13-25-27/h3-14H,1-2H3,(H,26,28). The number of amides is 1. The number of pyridine rings is 1. The third-order valence-corrected chi connectivity index (χ3v) is 4.58. The summed E-state index contributed by atoms with van der Waals surface area (Å²) in [6, 6.07) is 16.5. The van der Waals surface area contributed by atoms with Crippen LogP contribution in [0.2, 0.25) is 0 Å². The van der Waals surface area contributed by atoms with Gasteiger partial charge in [0.1, 0.15) is 18.4 Å². The second kappa shape index (κ2) is 7.93. The predicted octanol–water partition coefficient (Wildman–Crippen LogP) is 4.32. The summed E-state index contributed by atoms with van der Waals surface area (Å²) >= 11 is 0. The van der Waals surface area contributed by atoms with E-state index in [-0.39, 0.29) is 5.91 Å². The summed E-state index contributed by atoms with van der Waals surface area (Å²) < 4.78 is 7.47. The van der Waals surface area contributed by atoms with Crippen molar-refractivity contribution in [2.75, 3.05) is 5.32 Å². The average molecular weight is 385 g/mol. The first-order valence-corrected chi connectivity index (χ1v) is 9.07. The molecule has 0 aliphatic rings. The summed E-state index contributed by atoms with van der Waals surface area (Å²) in [6.07, 6.45) is 4.63. The normalized spacial score (nSPS) is 10.6. The number of aryl methyl sites for hydroxylation is 1. The molecule has 144 valence electrons. The zero-order valence-electron chi connectivity index (χ0n) is 16.0. The van der Waals surface area contributed by atoms with Crippen LogP contribution in [0.15, 0.2) is 73.4 Å². The molecule has 1 amide bonds. The molecule has 0 spiro atoms. The van der Waals surface area contributed by atoms with Crippen molar-refractivity contribution in [2.45, 2.75) is 13.8 Å². The molecule has 2 aromatic carbocycles. The molecule has 4 aromatic rings. The maximum atomic E-state index is 12.5. The highest BCUT2D eigenvalue weighted by atomic mass is 16.5. The van der Waals surface area contributed by atoms with Crippen molar-refractivity contribution in [2.24, 2.45) is 0 Å². The number of rotatable bonds is 5. The lowest BCUT2D eigenvalue weighted by Crippen LogP contribution is -2.12. The van der Waals surface area contributed by atoms with Crippen LogP contribution in [0.25, 0.3) is 5.69 Å². The van der Waals surface area contributed by atoms with Gasteiger partial charge in [0.15, 0.2) is 0 Å². The number of nitrogens with one attached hydrogen (secondary N) is 1. The first kappa shape index (κ1) is 18.4. The van der Waals surface area contributed by atoms with Gasteiger partial charge in [-0.2, -0.15) is 5.10 Å². The van der Waals surface area contributed by atoms with Gasteiger partial charge in [0.25, 0.3) is 5.91 Å². The minimum Gasteiger partial charge on any atom is -0.439 e. The molecule has 0 atom stereocenters. The van der Waals surface area contributed by atoms with Crippen molar-refractivity contribution >= 4 is 11.6 Å². The van der Waals surface area contributed by atoms with E-state index >= 15 is 0 Å². The molecule has 0 saturated heterocycles. The molecule has 0 aliphatic carbocycles. The van der Waals surface area contributed by atoms with Gasteiger partial charge in [0.2, 0.25) is 5.88 Å². The van der Waals surface area contributed by atoms with Gasteiger partial charge in [-0.05, 0) is 61.4 Å². The van der Waals surface area contributed by atoms with Crippen LogP contribution >= 0.6 is 0 Å². The number of benzene rings is 2. The Kier molecular flexibility index (Phi) is 5.03. The zero-order chi connectivity index (χ0) is 20.2. The Morgan fingerprint density at radius 3 is 2.55 bits per heavy atom. The van der Waals surface area contributed by atoms with Crippen LogP contribution in [-0.2, 0) is 0 Å². The quantitative estimate of drug-likeness (QED) is 0.553. The molecule has 0 aliphatic heterocycles. The lowest BCUT2D eigenvalue weighted by atomic mass is 10.1. The Bertz CT molecular complexity index is 1120. The largest absolute Gasteiger partial charge is 0.439 e. The Labute approximate surface area is 168 Å². The molecule has 29 heavy (non-hydrogen) atoms. The fourth-order valence-electron chi connectivity index (χ4n) is 2.77.